The molecule has 0 unspecified atom stereocenters. The summed E-state index contributed by atoms with van der Waals surface area (Å²) in [6.07, 6.45) is 1.86. The van der Waals surface area contributed by atoms with Crippen molar-refractivity contribution in [2.45, 2.75) is 38.3 Å². The van der Waals surface area contributed by atoms with Crippen LogP contribution < -0.4 is 11.1 Å². The smallest absolute Gasteiger partial charge is 0.304 e. The molecule has 2 aromatic rings. The fourth-order valence-corrected chi connectivity index (χ4v) is 4.09. The second kappa shape index (κ2) is 10.7. The number of nitrogens with one attached hydrogen (secondary N) is 1. The van der Waals surface area contributed by atoms with E-state index in [1.54, 1.807) is 23.1 Å². The van der Waals surface area contributed by atoms with Crippen molar-refractivity contribution in [1.29, 1.82) is 0 Å². The molecule has 4 N–H and O–H groups in total. The minimum Gasteiger partial charge on any atom is -0.481 e. The summed E-state index contributed by atoms with van der Waals surface area (Å²) in [4.78, 5) is 38.3. The zero-order valence-electron chi connectivity index (χ0n) is 17.5. The third kappa shape index (κ3) is 6.15. The van der Waals surface area contributed by atoms with Crippen LogP contribution in [-0.4, -0.2) is 46.9 Å². The molecule has 7 heteroatoms. The van der Waals surface area contributed by atoms with E-state index < -0.39 is 11.9 Å². The summed E-state index contributed by atoms with van der Waals surface area (Å²) in [7, 11) is 0. The van der Waals surface area contributed by atoms with E-state index in [1.807, 2.05) is 36.4 Å². The van der Waals surface area contributed by atoms with Gasteiger partial charge >= 0.3 is 5.97 Å². The first-order valence-electron chi connectivity index (χ1n) is 10.6. The highest BCUT2D eigenvalue weighted by molar-refractivity contribution is 5.94. The van der Waals surface area contributed by atoms with Crippen LogP contribution in [0.3, 0.4) is 0 Å². The average molecular weight is 424 g/mol. The van der Waals surface area contributed by atoms with Crippen LogP contribution in [-0.2, 0) is 22.6 Å². The van der Waals surface area contributed by atoms with E-state index in [2.05, 4.69) is 5.32 Å². The number of aryl methyl sites for hydroxylation is 1. The molecule has 1 aliphatic rings. The van der Waals surface area contributed by atoms with Gasteiger partial charge in [-0.1, -0.05) is 42.5 Å². The molecule has 31 heavy (non-hydrogen) atoms. The van der Waals surface area contributed by atoms with Crippen LogP contribution in [0.1, 0.15) is 40.7 Å². The van der Waals surface area contributed by atoms with E-state index in [9.17, 15) is 14.4 Å². The number of carbonyl (C=O) groups excluding carboxylic acids is 2. The van der Waals surface area contributed by atoms with Crippen molar-refractivity contribution in [3.63, 3.8) is 0 Å². The summed E-state index contributed by atoms with van der Waals surface area (Å²) in [5.74, 6) is -1.89. The number of benzene rings is 2. The van der Waals surface area contributed by atoms with E-state index in [-0.39, 0.29) is 24.3 Å². The fraction of sp³-hybridized carbons (Fsp3) is 0.375. The molecule has 0 aliphatic carbocycles. The Morgan fingerprint density at radius 2 is 1.84 bits per heavy atom. The topological polar surface area (TPSA) is 113 Å². The lowest BCUT2D eigenvalue weighted by atomic mass is 10.0. The molecule has 1 saturated heterocycles. The van der Waals surface area contributed by atoms with Gasteiger partial charge in [0.05, 0.1) is 12.3 Å². The van der Waals surface area contributed by atoms with Crippen molar-refractivity contribution in [3.8, 4) is 0 Å². The van der Waals surface area contributed by atoms with E-state index >= 15 is 0 Å². The van der Waals surface area contributed by atoms with Crippen LogP contribution >= 0.6 is 0 Å². The van der Waals surface area contributed by atoms with Gasteiger partial charge in [0.1, 0.15) is 0 Å². The van der Waals surface area contributed by atoms with E-state index in [0.717, 1.165) is 18.4 Å². The quantitative estimate of drug-likeness (QED) is 0.542. The number of nitrogens with zero attached hydrogens (tertiary/aromatic N) is 1. The molecule has 2 amide bonds. The Morgan fingerprint density at radius 3 is 2.55 bits per heavy atom. The van der Waals surface area contributed by atoms with Gasteiger partial charge in [0, 0.05) is 31.2 Å². The van der Waals surface area contributed by atoms with Crippen molar-refractivity contribution in [1.82, 2.24) is 10.2 Å². The van der Waals surface area contributed by atoms with Crippen LogP contribution in [0.25, 0.3) is 0 Å². The molecule has 7 nitrogen and oxygen atoms in total. The Bertz CT molecular complexity index is 916. The molecule has 1 aliphatic heterocycles. The number of likely N-dealkylation sites (tertiary alicyclic amines) is 1. The fourth-order valence-electron chi connectivity index (χ4n) is 4.09. The highest BCUT2D eigenvalue weighted by Crippen LogP contribution is 2.27. The van der Waals surface area contributed by atoms with Gasteiger partial charge in [0.25, 0.3) is 5.91 Å². The number of rotatable bonds is 10. The summed E-state index contributed by atoms with van der Waals surface area (Å²) in [5, 5.41) is 12.1. The molecule has 2 aromatic carbocycles. The van der Waals surface area contributed by atoms with Crippen LogP contribution in [0.5, 0.6) is 0 Å². The predicted octanol–water partition coefficient (Wildman–Crippen LogP) is 2.20. The Labute approximate surface area is 182 Å². The Hall–Kier alpha value is -3.19. The highest BCUT2D eigenvalue weighted by atomic mass is 16.4. The number of amides is 2. The maximum atomic E-state index is 12.8. The average Bonchev–Trinajstić information content (AvgIpc) is 3.06. The van der Waals surface area contributed by atoms with Crippen LogP contribution in [0.4, 0.5) is 0 Å². The molecule has 0 radical (unpaired) electrons. The number of carbonyl (C=O) groups is 3. The van der Waals surface area contributed by atoms with Crippen molar-refractivity contribution < 1.29 is 19.5 Å². The largest absolute Gasteiger partial charge is 0.481 e. The van der Waals surface area contributed by atoms with E-state index in [0.29, 0.717) is 31.6 Å². The maximum absolute atomic E-state index is 12.8. The number of carboxylic acid groups (broad SMARTS) is 1. The molecule has 164 valence electrons. The van der Waals surface area contributed by atoms with Crippen molar-refractivity contribution >= 4 is 17.8 Å². The van der Waals surface area contributed by atoms with Crippen LogP contribution in [0, 0.1) is 5.92 Å². The SMILES string of the molecule is NCc1cccc(C(=O)NC[C@@H]2C[C@@H](CC(=O)O)C(=O)N2CCCc2ccccc2)c1. The number of hydrogen-bond acceptors (Lipinski definition) is 4. The standard InChI is InChI=1S/C24H29N3O4/c25-15-18-8-4-10-19(12-18)23(30)26-16-21-13-20(14-22(28)29)24(31)27(21)11-5-9-17-6-2-1-3-7-17/h1-4,6-8,10,12,20-21H,5,9,11,13-16,25H2,(H,26,30)(H,28,29)/t20-,21-/m0/s1. The van der Waals surface area contributed by atoms with Crippen molar-refractivity contribution in [2.24, 2.45) is 11.7 Å². The predicted molar refractivity (Wildman–Crippen MR) is 117 cm³/mol. The van der Waals surface area contributed by atoms with Gasteiger partial charge in [-0.15, -0.1) is 0 Å². The van der Waals surface area contributed by atoms with Crippen molar-refractivity contribution in [2.75, 3.05) is 13.1 Å². The summed E-state index contributed by atoms with van der Waals surface area (Å²) in [6, 6.07) is 16.9. The number of carboxylic acids is 1. The number of hydrogen-bond donors (Lipinski definition) is 3. The highest BCUT2D eigenvalue weighted by Gasteiger charge is 2.40. The van der Waals surface area contributed by atoms with Gasteiger partial charge in [-0.3, -0.25) is 14.4 Å². The zero-order valence-corrected chi connectivity index (χ0v) is 17.5. The first-order valence-corrected chi connectivity index (χ1v) is 10.6. The molecule has 0 aromatic heterocycles. The van der Waals surface area contributed by atoms with Gasteiger partial charge in [-0.05, 0) is 42.5 Å². The second-order valence-corrected chi connectivity index (χ2v) is 7.92. The first-order chi connectivity index (χ1) is 15.0. The van der Waals surface area contributed by atoms with Crippen LogP contribution in [0.15, 0.2) is 54.6 Å². The molecule has 0 spiro atoms. The Morgan fingerprint density at radius 1 is 1.10 bits per heavy atom. The lowest BCUT2D eigenvalue weighted by Gasteiger charge is -2.25. The Kier molecular flexibility index (Phi) is 7.78. The summed E-state index contributed by atoms with van der Waals surface area (Å²) < 4.78 is 0. The van der Waals surface area contributed by atoms with E-state index in [4.69, 9.17) is 10.8 Å². The summed E-state index contributed by atoms with van der Waals surface area (Å²) in [6.45, 7) is 1.18. The molecular formula is C24H29N3O4. The normalized spacial score (nSPS) is 18.2. The lowest BCUT2D eigenvalue weighted by Crippen LogP contribution is -2.42. The van der Waals surface area contributed by atoms with Gasteiger partial charge in [0.15, 0.2) is 0 Å². The third-order valence-corrected chi connectivity index (χ3v) is 5.68. The molecule has 0 bridgehead atoms. The van der Waals surface area contributed by atoms with Gasteiger partial charge in [0.2, 0.25) is 5.91 Å². The maximum Gasteiger partial charge on any atom is 0.304 e. The lowest BCUT2D eigenvalue weighted by molar-refractivity contribution is -0.142. The monoisotopic (exact) mass is 423 g/mol. The molecule has 2 atom stereocenters. The molecule has 0 saturated carbocycles. The minimum atomic E-state index is -0.981. The molecule has 1 fully saturated rings. The van der Waals surface area contributed by atoms with Gasteiger partial charge in [-0.25, -0.2) is 0 Å². The minimum absolute atomic E-state index is 0.139. The first kappa shape index (κ1) is 22.5. The molecule has 3 rings (SSSR count). The van der Waals surface area contributed by atoms with E-state index in [1.165, 1.54) is 5.56 Å². The number of aliphatic carboxylic acids is 1. The third-order valence-electron chi connectivity index (χ3n) is 5.68. The van der Waals surface area contributed by atoms with Crippen LogP contribution in [0.2, 0.25) is 0 Å². The van der Waals surface area contributed by atoms with Crippen molar-refractivity contribution in [3.05, 3.63) is 71.3 Å². The zero-order chi connectivity index (χ0) is 22.2. The Balaban J connectivity index is 1.62. The summed E-state index contributed by atoms with van der Waals surface area (Å²) >= 11 is 0. The molecule has 1 heterocycles. The number of nitrogens with two attached hydrogens (primary N) is 1. The second-order valence-electron chi connectivity index (χ2n) is 7.92. The summed E-state index contributed by atoms with van der Waals surface area (Å²) in [5.41, 5.74) is 8.23. The van der Waals surface area contributed by atoms with Gasteiger partial charge in [-0.2, -0.15) is 0 Å². The van der Waals surface area contributed by atoms with Gasteiger partial charge < -0.3 is 21.1 Å². The molecular weight excluding hydrogens is 394 g/mol.